The van der Waals surface area contributed by atoms with Crippen molar-refractivity contribution in [2.75, 3.05) is 32.8 Å². The monoisotopic (exact) mass is 392 g/mol. The van der Waals surface area contributed by atoms with E-state index in [1.165, 1.54) is 24.0 Å². The van der Waals surface area contributed by atoms with Crippen LogP contribution in [-0.2, 0) is 6.54 Å². The van der Waals surface area contributed by atoms with E-state index in [0.717, 1.165) is 51.3 Å². The molecule has 2 heterocycles. The number of benzene rings is 2. The van der Waals surface area contributed by atoms with Crippen LogP contribution in [0.4, 0.5) is 0 Å². The van der Waals surface area contributed by atoms with Crippen molar-refractivity contribution in [1.82, 2.24) is 9.80 Å². The molecule has 2 saturated heterocycles. The first kappa shape index (κ1) is 20.0. The van der Waals surface area contributed by atoms with E-state index in [0.29, 0.717) is 18.1 Å². The first-order valence-corrected chi connectivity index (χ1v) is 11.0. The summed E-state index contributed by atoms with van der Waals surface area (Å²) in [6.07, 6.45) is 4.60. The summed E-state index contributed by atoms with van der Waals surface area (Å²) >= 11 is 0. The fourth-order valence-electron chi connectivity index (χ4n) is 4.45. The molecule has 1 unspecified atom stereocenters. The van der Waals surface area contributed by atoms with Crippen molar-refractivity contribution in [3.05, 3.63) is 65.2 Å². The van der Waals surface area contributed by atoms with Gasteiger partial charge in [-0.2, -0.15) is 0 Å². The zero-order chi connectivity index (χ0) is 20.1. The van der Waals surface area contributed by atoms with Crippen LogP contribution in [0.1, 0.15) is 47.2 Å². The van der Waals surface area contributed by atoms with E-state index in [2.05, 4.69) is 36.1 Å². The van der Waals surface area contributed by atoms with Gasteiger partial charge in [0, 0.05) is 32.1 Å². The Morgan fingerprint density at radius 1 is 1.00 bits per heavy atom. The van der Waals surface area contributed by atoms with Crippen molar-refractivity contribution in [3.63, 3.8) is 0 Å². The molecule has 2 aliphatic heterocycles. The second-order valence-corrected chi connectivity index (χ2v) is 8.54. The summed E-state index contributed by atoms with van der Waals surface area (Å²) in [7, 11) is 0. The molecule has 2 aromatic rings. The summed E-state index contributed by atoms with van der Waals surface area (Å²) in [6.45, 7) is 7.73. The van der Waals surface area contributed by atoms with Gasteiger partial charge in [0.15, 0.2) is 0 Å². The third kappa shape index (κ3) is 5.18. The SMILES string of the molecule is Cc1ccc(CN2CCCC(COc3ccccc3C(=O)N3CCCC3)C2)cc1. The Balaban J connectivity index is 1.34. The van der Waals surface area contributed by atoms with Crippen LogP contribution in [0, 0.1) is 12.8 Å². The van der Waals surface area contributed by atoms with Crippen LogP contribution in [0.2, 0.25) is 0 Å². The Bertz CT molecular complexity index is 812. The van der Waals surface area contributed by atoms with Gasteiger partial charge < -0.3 is 9.64 Å². The predicted octanol–water partition coefficient (Wildman–Crippen LogP) is 4.52. The number of nitrogens with zero attached hydrogens (tertiary/aromatic N) is 2. The second-order valence-electron chi connectivity index (χ2n) is 8.54. The van der Waals surface area contributed by atoms with Crippen LogP contribution in [0.3, 0.4) is 0 Å². The Labute approximate surface area is 174 Å². The van der Waals surface area contributed by atoms with Crippen molar-refractivity contribution in [3.8, 4) is 5.75 Å². The zero-order valence-electron chi connectivity index (χ0n) is 17.5. The smallest absolute Gasteiger partial charge is 0.257 e. The molecule has 0 N–H and O–H groups in total. The number of ether oxygens (including phenoxy) is 1. The topological polar surface area (TPSA) is 32.8 Å². The molecule has 0 radical (unpaired) electrons. The van der Waals surface area contributed by atoms with Crippen molar-refractivity contribution < 1.29 is 9.53 Å². The molecule has 1 amide bonds. The van der Waals surface area contributed by atoms with Crippen molar-refractivity contribution in [1.29, 1.82) is 0 Å². The summed E-state index contributed by atoms with van der Waals surface area (Å²) in [4.78, 5) is 17.3. The Hall–Kier alpha value is -2.33. The van der Waals surface area contributed by atoms with Gasteiger partial charge in [0.25, 0.3) is 5.91 Å². The van der Waals surface area contributed by atoms with E-state index in [-0.39, 0.29) is 5.91 Å². The standard InChI is InChI=1S/C25H32N2O2/c1-20-10-12-21(13-11-20)17-26-14-6-7-22(18-26)19-29-24-9-3-2-8-23(24)25(28)27-15-4-5-16-27/h2-3,8-13,22H,4-7,14-19H2,1H3. The quantitative estimate of drug-likeness (QED) is 0.724. The van der Waals surface area contributed by atoms with Crippen molar-refractivity contribution in [2.45, 2.75) is 39.2 Å². The summed E-state index contributed by atoms with van der Waals surface area (Å²) < 4.78 is 6.20. The van der Waals surface area contributed by atoms with E-state index in [1.54, 1.807) is 0 Å². The zero-order valence-corrected chi connectivity index (χ0v) is 17.5. The Morgan fingerprint density at radius 2 is 1.76 bits per heavy atom. The predicted molar refractivity (Wildman–Crippen MR) is 116 cm³/mol. The fourth-order valence-corrected chi connectivity index (χ4v) is 4.45. The number of likely N-dealkylation sites (tertiary alicyclic amines) is 2. The second kappa shape index (κ2) is 9.45. The van der Waals surface area contributed by atoms with E-state index in [4.69, 9.17) is 4.74 Å². The number of aryl methyl sites for hydroxylation is 1. The van der Waals surface area contributed by atoms with E-state index in [9.17, 15) is 4.79 Å². The minimum Gasteiger partial charge on any atom is -0.492 e. The summed E-state index contributed by atoms with van der Waals surface area (Å²) in [6, 6.07) is 16.6. The van der Waals surface area contributed by atoms with Crippen LogP contribution >= 0.6 is 0 Å². The molecule has 4 rings (SSSR count). The minimum atomic E-state index is 0.114. The number of hydrogen-bond donors (Lipinski definition) is 0. The number of piperidine rings is 1. The highest BCUT2D eigenvalue weighted by atomic mass is 16.5. The maximum Gasteiger partial charge on any atom is 0.257 e. The highest BCUT2D eigenvalue weighted by molar-refractivity contribution is 5.97. The van der Waals surface area contributed by atoms with Crippen molar-refractivity contribution >= 4 is 5.91 Å². The van der Waals surface area contributed by atoms with Gasteiger partial charge in [0.2, 0.25) is 0 Å². The lowest BCUT2D eigenvalue weighted by Crippen LogP contribution is -2.37. The Morgan fingerprint density at radius 3 is 2.55 bits per heavy atom. The summed E-state index contributed by atoms with van der Waals surface area (Å²) in [5.41, 5.74) is 3.39. The largest absolute Gasteiger partial charge is 0.492 e. The fraction of sp³-hybridized carbons (Fsp3) is 0.480. The summed E-state index contributed by atoms with van der Waals surface area (Å²) in [5, 5.41) is 0. The number of carbonyl (C=O) groups is 1. The molecule has 2 fully saturated rings. The van der Waals surface area contributed by atoms with Crippen LogP contribution in [0.5, 0.6) is 5.75 Å². The molecule has 2 aliphatic rings. The van der Waals surface area contributed by atoms with Gasteiger partial charge in [-0.05, 0) is 56.8 Å². The molecule has 4 heteroatoms. The van der Waals surface area contributed by atoms with Crippen LogP contribution in [0.15, 0.2) is 48.5 Å². The van der Waals surface area contributed by atoms with Gasteiger partial charge in [-0.1, -0.05) is 42.0 Å². The molecule has 0 aromatic heterocycles. The van der Waals surface area contributed by atoms with Crippen LogP contribution in [-0.4, -0.2) is 48.5 Å². The molecule has 154 valence electrons. The number of para-hydroxylation sites is 1. The third-order valence-electron chi connectivity index (χ3n) is 6.12. The van der Waals surface area contributed by atoms with Gasteiger partial charge in [-0.15, -0.1) is 0 Å². The lowest BCUT2D eigenvalue weighted by atomic mass is 9.98. The normalized spacial score (nSPS) is 20.0. The number of hydrogen-bond acceptors (Lipinski definition) is 3. The van der Waals surface area contributed by atoms with Gasteiger partial charge in [-0.25, -0.2) is 0 Å². The third-order valence-corrected chi connectivity index (χ3v) is 6.12. The molecular weight excluding hydrogens is 360 g/mol. The van der Waals surface area contributed by atoms with Gasteiger partial charge in [-0.3, -0.25) is 9.69 Å². The molecule has 0 spiro atoms. The highest BCUT2D eigenvalue weighted by Gasteiger charge is 2.24. The molecular formula is C25H32N2O2. The molecule has 1 atom stereocenters. The number of rotatable bonds is 6. The summed E-state index contributed by atoms with van der Waals surface area (Å²) in [5.74, 6) is 1.35. The molecule has 2 aromatic carbocycles. The van der Waals surface area contributed by atoms with Crippen LogP contribution < -0.4 is 4.74 Å². The molecule has 29 heavy (non-hydrogen) atoms. The Kier molecular flexibility index (Phi) is 6.50. The average Bonchev–Trinajstić information content (AvgIpc) is 3.29. The molecule has 4 nitrogen and oxygen atoms in total. The lowest BCUT2D eigenvalue weighted by Gasteiger charge is -2.32. The molecule has 0 bridgehead atoms. The van der Waals surface area contributed by atoms with Crippen LogP contribution in [0.25, 0.3) is 0 Å². The lowest BCUT2D eigenvalue weighted by molar-refractivity contribution is 0.0784. The minimum absolute atomic E-state index is 0.114. The number of amides is 1. The average molecular weight is 393 g/mol. The van der Waals surface area contributed by atoms with E-state index < -0.39 is 0 Å². The molecule has 0 aliphatic carbocycles. The maximum atomic E-state index is 12.8. The van der Waals surface area contributed by atoms with Crippen molar-refractivity contribution in [2.24, 2.45) is 5.92 Å². The van der Waals surface area contributed by atoms with E-state index in [1.807, 2.05) is 29.2 Å². The highest BCUT2D eigenvalue weighted by Crippen LogP contribution is 2.25. The first-order valence-electron chi connectivity index (χ1n) is 11.0. The number of carbonyl (C=O) groups excluding carboxylic acids is 1. The van der Waals surface area contributed by atoms with Gasteiger partial charge in [0.1, 0.15) is 5.75 Å². The first-order chi connectivity index (χ1) is 14.2. The maximum absolute atomic E-state index is 12.8. The molecule has 0 saturated carbocycles. The van der Waals surface area contributed by atoms with Gasteiger partial charge in [0.05, 0.1) is 12.2 Å². The van der Waals surface area contributed by atoms with E-state index >= 15 is 0 Å². The van der Waals surface area contributed by atoms with Gasteiger partial charge >= 0.3 is 0 Å².